The Morgan fingerprint density at radius 1 is 1.35 bits per heavy atom. The van der Waals surface area contributed by atoms with Gasteiger partial charge in [0, 0.05) is 13.1 Å². The zero-order chi connectivity index (χ0) is 16.4. The van der Waals surface area contributed by atoms with Gasteiger partial charge < -0.3 is 14.4 Å². The molecule has 6 heteroatoms. The third-order valence-electron chi connectivity index (χ3n) is 4.15. The number of furan rings is 1. The Bertz CT molecular complexity index is 724. The molecule has 1 aliphatic heterocycles. The van der Waals surface area contributed by atoms with Gasteiger partial charge in [-0.3, -0.25) is 9.59 Å². The van der Waals surface area contributed by atoms with E-state index < -0.39 is 11.9 Å². The van der Waals surface area contributed by atoms with E-state index in [4.69, 9.17) is 9.52 Å². The number of carbonyl (C=O) groups excluding carboxylic acids is 1. The first-order valence-electron chi connectivity index (χ1n) is 7.60. The minimum atomic E-state index is -0.842. The summed E-state index contributed by atoms with van der Waals surface area (Å²) in [6.07, 6.45) is 2.90. The summed E-state index contributed by atoms with van der Waals surface area (Å²) >= 11 is 0. The van der Waals surface area contributed by atoms with Gasteiger partial charge in [0.25, 0.3) is 5.91 Å². The van der Waals surface area contributed by atoms with E-state index >= 15 is 0 Å². The summed E-state index contributed by atoms with van der Waals surface area (Å²) in [7, 11) is 0. The van der Waals surface area contributed by atoms with E-state index in [1.165, 1.54) is 0 Å². The molecule has 6 nitrogen and oxygen atoms in total. The second kappa shape index (κ2) is 6.24. The Kier molecular flexibility index (Phi) is 4.14. The molecule has 1 saturated heterocycles. The molecule has 2 aromatic heterocycles. The Morgan fingerprint density at radius 2 is 2.17 bits per heavy atom. The third kappa shape index (κ3) is 3.11. The molecular formula is C17H18N2O4. The maximum Gasteiger partial charge on any atom is 0.308 e. The van der Waals surface area contributed by atoms with Crippen LogP contribution in [0, 0.1) is 12.8 Å². The first-order chi connectivity index (χ1) is 11.1. The summed E-state index contributed by atoms with van der Waals surface area (Å²) < 4.78 is 5.31. The Morgan fingerprint density at radius 3 is 2.83 bits per heavy atom. The minimum Gasteiger partial charge on any atom is -0.481 e. The molecule has 1 amide bonds. The van der Waals surface area contributed by atoms with Gasteiger partial charge in [-0.25, -0.2) is 4.98 Å². The number of amides is 1. The molecule has 3 rings (SSSR count). The number of carboxylic acids is 1. The maximum absolute atomic E-state index is 12.7. The summed E-state index contributed by atoms with van der Waals surface area (Å²) in [6, 6.07) is 7.07. The van der Waals surface area contributed by atoms with Crippen LogP contribution in [0.2, 0.25) is 0 Å². The molecule has 1 atom stereocenters. The lowest BCUT2D eigenvalue weighted by molar-refractivity contribution is -0.143. The Labute approximate surface area is 133 Å². The highest BCUT2D eigenvalue weighted by Crippen LogP contribution is 2.22. The topological polar surface area (TPSA) is 83.6 Å². The number of aliphatic carboxylic acids is 1. The van der Waals surface area contributed by atoms with Gasteiger partial charge in [0.1, 0.15) is 5.69 Å². The first kappa shape index (κ1) is 15.3. The highest BCUT2D eigenvalue weighted by atomic mass is 16.4. The van der Waals surface area contributed by atoms with Crippen LogP contribution in [0.25, 0.3) is 11.5 Å². The summed E-state index contributed by atoms with van der Waals surface area (Å²) in [5.74, 6) is -0.836. The summed E-state index contributed by atoms with van der Waals surface area (Å²) in [5, 5.41) is 9.14. The van der Waals surface area contributed by atoms with E-state index in [0.29, 0.717) is 42.1 Å². The number of hydrogen-bond donors (Lipinski definition) is 1. The molecule has 0 spiro atoms. The molecule has 23 heavy (non-hydrogen) atoms. The zero-order valence-electron chi connectivity index (χ0n) is 12.9. The number of hydrogen-bond acceptors (Lipinski definition) is 4. The normalized spacial score (nSPS) is 18.0. The van der Waals surface area contributed by atoms with Crippen LogP contribution in [0.5, 0.6) is 0 Å². The lowest BCUT2D eigenvalue weighted by atomic mass is 9.97. The molecule has 0 radical (unpaired) electrons. The van der Waals surface area contributed by atoms with Gasteiger partial charge in [-0.1, -0.05) is 0 Å². The Balaban J connectivity index is 1.81. The Hall–Kier alpha value is -2.63. The molecule has 0 unspecified atom stereocenters. The van der Waals surface area contributed by atoms with Gasteiger partial charge in [-0.2, -0.15) is 0 Å². The zero-order valence-corrected chi connectivity index (χ0v) is 12.9. The molecular weight excluding hydrogens is 296 g/mol. The summed E-state index contributed by atoms with van der Waals surface area (Å²) in [6.45, 7) is 2.62. The van der Waals surface area contributed by atoms with Crippen LogP contribution in [-0.2, 0) is 4.79 Å². The molecule has 1 N–H and O–H groups in total. The maximum atomic E-state index is 12.7. The quantitative estimate of drug-likeness (QED) is 0.941. The number of likely N-dealkylation sites (tertiary alicyclic amines) is 1. The number of aryl methyl sites for hydroxylation is 1. The molecule has 0 aliphatic carbocycles. The first-order valence-corrected chi connectivity index (χ1v) is 7.60. The number of carbonyl (C=O) groups is 2. The van der Waals surface area contributed by atoms with Crippen LogP contribution in [0.15, 0.2) is 34.9 Å². The van der Waals surface area contributed by atoms with Crippen molar-refractivity contribution in [1.82, 2.24) is 9.88 Å². The average molecular weight is 314 g/mol. The van der Waals surface area contributed by atoms with E-state index in [9.17, 15) is 9.59 Å². The molecule has 0 bridgehead atoms. The van der Waals surface area contributed by atoms with Crippen molar-refractivity contribution in [2.75, 3.05) is 13.1 Å². The van der Waals surface area contributed by atoms with Crippen LogP contribution in [0.1, 0.15) is 28.9 Å². The molecule has 2 aromatic rings. The molecule has 0 aromatic carbocycles. The van der Waals surface area contributed by atoms with Crippen LogP contribution < -0.4 is 0 Å². The van der Waals surface area contributed by atoms with Crippen molar-refractivity contribution < 1.29 is 19.1 Å². The predicted octanol–water partition coefficient (Wildman–Crippen LogP) is 2.59. The highest BCUT2D eigenvalue weighted by molar-refractivity contribution is 5.95. The smallest absolute Gasteiger partial charge is 0.308 e. The number of aromatic nitrogens is 1. The number of carboxylic acid groups (broad SMARTS) is 1. The van der Waals surface area contributed by atoms with Crippen molar-refractivity contribution in [1.29, 1.82) is 0 Å². The molecule has 1 fully saturated rings. The van der Waals surface area contributed by atoms with Gasteiger partial charge in [0.15, 0.2) is 5.76 Å². The number of nitrogens with zero attached hydrogens (tertiary/aromatic N) is 2. The van der Waals surface area contributed by atoms with Gasteiger partial charge >= 0.3 is 5.97 Å². The highest BCUT2D eigenvalue weighted by Gasteiger charge is 2.29. The van der Waals surface area contributed by atoms with E-state index in [0.717, 1.165) is 0 Å². The fraction of sp³-hybridized carbons (Fsp3) is 0.353. The van der Waals surface area contributed by atoms with Crippen LogP contribution in [-0.4, -0.2) is 40.0 Å². The average Bonchev–Trinajstić information content (AvgIpc) is 3.08. The van der Waals surface area contributed by atoms with Crippen LogP contribution in [0.3, 0.4) is 0 Å². The van der Waals surface area contributed by atoms with E-state index in [1.54, 1.807) is 36.3 Å². The second-order valence-corrected chi connectivity index (χ2v) is 5.74. The monoisotopic (exact) mass is 314 g/mol. The number of rotatable bonds is 3. The molecule has 120 valence electrons. The largest absolute Gasteiger partial charge is 0.481 e. The van der Waals surface area contributed by atoms with Crippen molar-refractivity contribution in [3.63, 3.8) is 0 Å². The standard InChI is InChI=1S/C17H18N2O4/c1-11-13(6-7-14(18-11)15-5-3-9-23-15)16(20)19-8-2-4-12(10-19)17(21)22/h3,5-7,9,12H,2,4,8,10H2,1H3,(H,21,22)/t12-/m1/s1. The molecule has 1 aliphatic rings. The van der Waals surface area contributed by atoms with Crippen molar-refractivity contribution in [2.24, 2.45) is 5.92 Å². The van der Waals surface area contributed by atoms with Crippen LogP contribution in [0.4, 0.5) is 0 Å². The van der Waals surface area contributed by atoms with Crippen molar-refractivity contribution >= 4 is 11.9 Å². The van der Waals surface area contributed by atoms with E-state index in [2.05, 4.69) is 4.98 Å². The van der Waals surface area contributed by atoms with Crippen molar-refractivity contribution in [3.8, 4) is 11.5 Å². The second-order valence-electron chi connectivity index (χ2n) is 5.74. The summed E-state index contributed by atoms with van der Waals surface area (Å²) in [5.41, 5.74) is 1.79. The van der Waals surface area contributed by atoms with Crippen molar-refractivity contribution in [3.05, 3.63) is 41.8 Å². The van der Waals surface area contributed by atoms with Crippen molar-refractivity contribution in [2.45, 2.75) is 19.8 Å². The number of pyridine rings is 1. The lowest BCUT2D eigenvalue weighted by Crippen LogP contribution is -2.42. The molecule has 0 saturated carbocycles. The van der Waals surface area contributed by atoms with Gasteiger partial charge in [-0.15, -0.1) is 0 Å². The predicted molar refractivity (Wildman–Crippen MR) is 82.9 cm³/mol. The third-order valence-corrected chi connectivity index (χ3v) is 4.15. The van der Waals surface area contributed by atoms with Gasteiger partial charge in [-0.05, 0) is 44.0 Å². The fourth-order valence-corrected chi connectivity index (χ4v) is 2.88. The van der Waals surface area contributed by atoms with Gasteiger partial charge in [0.05, 0.1) is 23.4 Å². The van der Waals surface area contributed by atoms with E-state index in [-0.39, 0.29) is 12.5 Å². The van der Waals surface area contributed by atoms with E-state index in [1.807, 2.05) is 6.07 Å². The lowest BCUT2D eigenvalue weighted by Gasteiger charge is -2.31. The molecule has 3 heterocycles. The fourth-order valence-electron chi connectivity index (χ4n) is 2.88. The van der Waals surface area contributed by atoms with Gasteiger partial charge in [0.2, 0.25) is 0 Å². The summed E-state index contributed by atoms with van der Waals surface area (Å²) in [4.78, 5) is 29.8. The van der Waals surface area contributed by atoms with Crippen LogP contribution >= 0.6 is 0 Å². The minimum absolute atomic E-state index is 0.160. The number of piperidine rings is 1. The SMILES string of the molecule is Cc1nc(-c2ccco2)ccc1C(=O)N1CCC[C@@H](C(=O)O)C1.